The molecule has 0 heterocycles. The highest BCUT2D eigenvalue weighted by molar-refractivity contribution is 7.89. The van der Waals surface area contributed by atoms with Gasteiger partial charge >= 0.3 is 0 Å². The minimum Gasteiger partial charge on any atom is -0.208 e. The van der Waals surface area contributed by atoms with E-state index >= 15 is 0 Å². The standard InChI is InChI=1S/C20H29NO2S/c1-13-4-5-19(14(2)6-13)24(22,23)21-15(3)20-10-16-7-17(11-20)9-18(8-16)12-20/h4-6,15-18,21H,7-12H2,1-3H3. The molecule has 0 saturated heterocycles. The first-order chi connectivity index (χ1) is 11.3. The van der Waals surface area contributed by atoms with Gasteiger partial charge in [0.1, 0.15) is 0 Å². The molecule has 4 saturated carbocycles. The summed E-state index contributed by atoms with van der Waals surface area (Å²) in [6.45, 7) is 5.99. The van der Waals surface area contributed by atoms with E-state index in [0.717, 1.165) is 28.9 Å². The van der Waals surface area contributed by atoms with Gasteiger partial charge < -0.3 is 0 Å². The summed E-state index contributed by atoms with van der Waals surface area (Å²) in [6.07, 6.45) is 7.81. The molecule has 1 aromatic rings. The molecule has 3 nitrogen and oxygen atoms in total. The van der Waals surface area contributed by atoms with Gasteiger partial charge in [0.2, 0.25) is 10.0 Å². The van der Waals surface area contributed by atoms with Gasteiger partial charge in [-0.15, -0.1) is 0 Å². The predicted octanol–water partition coefficient (Wildman–Crippen LogP) is 4.19. The molecule has 1 atom stereocenters. The van der Waals surface area contributed by atoms with Crippen molar-refractivity contribution in [3.05, 3.63) is 29.3 Å². The maximum Gasteiger partial charge on any atom is 0.241 e. The summed E-state index contributed by atoms with van der Waals surface area (Å²) in [5, 5.41) is 0. The molecule has 1 N–H and O–H groups in total. The van der Waals surface area contributed by atoms with E-state index in [1.165, 1.54) is 38.5 Å². The largest absolute Gasteiger partial charge is 0.241 e. The first-order valence-electron chi connectivity index (χ1n) is 9.37. The van der Waals surface area contributed by atoms with Crippen LogP contribution in [-0.2, 0) is 10.0 Å². The number of hydrogen-bond acceptors (Lipinski definition) is 2. The molecule has 1 unspecified atom stereocenters. The lowest BCUT2D eigenvalue weighted by Gasteiger charge is -2.59. The van der Waals surface area contributed by atoms with Gasteiger partial charge in [-0.3, -0.25) is 0 Å². The van der Waals surface area contributed by atoms with Crippen molar-refractivity contribution in [2.75, 3.05) is 0 Å². The van der Waals surface area contributed by atoms with Crippen LogP contribution in [-0.4, -0.2) is 14.5 Å². The lowest BCUT2D eigenvalue weighted by Crippen LogP contribution is -2.55. The van der Waals surface area contributed by atoms with E-state index in [1.54, 1.807) is 6.07 Å². The first-order valence-corrected chi connectivity index (χ1v) is 10.9. The van der Waals surface area contributed by atoms with Gasteiger partial charge in [0.15, 0.2) is 0 Å². The minimum atomic E-state index is -3.45. The van der Waals surface area contributed by atoms with Crippen molar-refractivity contribution in [3.8, 4) is 0 Å². The van der Waals surface area contributed by atoms with Crippen LogP contribution in [0.1, 0.15) is 56.6 Å². The van der Waals surface area contributed by atoms with Crippen LogP contribution in [0.25, 0.3) is 0 Å². The predicted molar refractivity (Wildman–Crippen MR) is 96.3 cm³/mol. The van der Waals surface area contributed by atoms with E-state index in [2.05, 4.69) is 11.6 Å². The Morgan fingerprint density at radius 3 is 2.08 bits per heavy atom. The van der Waals surface area contributed by atoms with Gasteiger partial charge in [-0.2, -0.15) is 0 Å². The zero-order valence-electron chi connectivity index (χ0n) is 15.0. The third-order valence-corrected chi connectivity index (χ3v) is 8.66. The molecule has 4 fully saturated rings. The van der Waals surface area contributed by atoms with Gasteiger partial charge in [0.25, 0.3) is 0 Å². The summed E-state index contributed by atoms with van der Waals surface area (Å²) >= 11 is 0. The van der Waals surface area contributed by atoms with Crippen LogP contribution >= 0.6 is 0 Å². The molecule has 132 valence electrons. The van der Waals surface area contributed by atoms with Crippen molar-refractivity contribution in [1.82, 2.24) is 4.72 Å². The number of hydrogen-bond donors (Lipinski definition) is 1. The van der Waals surface area contributed by atoms with E-state index in [9.17, 15) is 8.42 Å². The second-order valence-electron chi connectivity index (χ2n) is 8.89. The molecular weight excluding hydrogens is 318 g/mol. The van der Waals surface area contributed by atoms with Crippen molar-refractivity contribution in [3.63, 3.8) is 0 Å². The zero-order chi connectivity index (χ0) is 17.1. The monoisotopic (exact) mass is 347 g/mol. The molecule has 4 heteroatoms. The van der Waals surface area contributed by atoms with Gasteiger partial charge in [-0.05, 0) is 94.1 Å². The van der Waals surface area contributed by atoms with Crippen LogP contribution in [0.3, 0.4) is 0 Å². The van der Waals surface area contributed by atoms with E-state index < -0.39 is 10.0 Å². The van der Waals surface area contributed by atoms with E-state index in [0.29, 0.717) is 4.90 Å². The first kappa shape index (κ1) is 16.6. The number of rotatable bonds is 4. The van der Waals surface area contributed by atoms with Gasteiger partial charge in [0, 0.05) is 6.04 Å². The Labute approximate surface area is 146 Å². The number of sulfonamides is 1. The van der Waals surface area contributed by atoms with Gasteiger partial charge in [-0.1, -0.05) is 17.7 Å². The molecule has 0 amide bonds. The number of nitrogens with one attached hydrogen (secondary N) is 1. The van der Waals surface area contributed by atoms with Crippen LogP contribution in [0.15, 0.2) is 23.1 Å². The quantitative estimate of drug-likeness (QED) is 0.888. The Balaban J connectivity index is 1.58. The highest BCUT2D eigenvalue weighted by Crippen LogP contribution is 2.61. The molecule has 4 aliphatic rings. The normalized spacial score (nSPS) is 36.0. The summed E-state index contributed by atoms with van der Waals surface area (Å²) in [5.41, 5.74) is 2.13. The summed E-state index contributed by atoms with van der Waals surface area (Å²) in [5.74, 6) is 2.51. The van der Waals surface area contributed by atoms with Crippen LogP contribution in [0, 0.1) is 37.0 Å². The van der Waals surface area contributed by atoms with Gasteiger partial charge in [0.05, 0.1) is 4.90 Å². The van der Waals surface area contributed by atoms with Crippen molar-refractivity contribution >= 4 is 10.0 Å². The third-order valence-electron chi connectivity index (χ3n) is 6.96. The highest BCUT2D eigenvalue weighted by atomic mass is 32.2. The molecular formula is C20H29NO2S. The van der Waals surface area contributed by atoms with Gasteiger partial charge in [-0.25, -0.2) is 13.1 Å². The fourth-order valence-electron chi connectivity index (χ4n) is 6.23. The van der Waals surface area contributed by atoms with Crippen LogP contribution in [0.5, 0.6) is 0 Å². The molecule has 4 bridgehead atoms. The average molecular weight is 348 g/mol. The number of aryl methyl sites for hydroxylation is 2. The van der Waals surface area contributed by atoms with Crippen molar-refractivity contribution in [2.45, 2.75) is 70.2 Å². The molecule has 4 aliphatic carbocycles. The van der Waals surface area contributed by atoms with Crippen LogP contribution in [0.4, 0.5) is 0 Å². The van der Waals surface area contributed by atoms with Crippen LogP contribution in [0.2, 0.25) is 0 Å². The molecule has 0 spiro atoms. The smallest absolute Gasteiger partial charge is 0.208 e. The lowest BCUT2D eigenvalue weighted by atomic mass is 9.48. The highest BCUT2D eigenvalue weighted by Gasteiger charge is 2.53. The summed E-state index contributed by atoms with van der Waals surface area (Å²) in [7, 11) is -3.45. The fourth-order valence-corrected chi connectivity index (χ4v) is 7.80. The Morgan fingerprint density at radius 1 is 1.04 bits per heavy atom. The summed E-state index contributed by atoms with van der Waals surface area (Å²) < 4.78 is 29.0. The molecule has 0 aromatic heterocycles. The third kappa shape index (κ3) is 2.72. The van der Waals surface area contributed by atoms with Crippen molar-refractivity contribution < 1.29 is 8.42 Å². The molecule has 24 heavy (non-hydrogen) atoms. The van der Waals surface area contributed by atoms with E-state index in [4.69, 9.17) is 0 Å². The molecule has 1 aromatic carbocycles. The second-order valence-corrected chi connectivity index (χ2v) is 10.6. The summed E-state index contributed by atoms with van der Waals surface area (Å²) in [4.78, 5) is 0.435. The zero-order valence-corrected chi connectivity index (χ0v) is 15.8. The lowest BCUT2D eigenvalue weighted by molar-refractivity contribution is -0.0666. The fraction of sp³-hybridized carbons (Fsp3) is 0.700. The average Bonchev–Trinajstić information content (AvgIpc) is 2.44. The van der Waals surface area contributed by atoms with E-state index in [-0.39, 0.29) is 11.5 Å². The Hall–Kier alpha value is -0.870. The molecule has 0 aliphatic heterocycles. The summed E-state index contributed by atoms with van der Waals surface area (Å²) in [6, 6.07) is 5.61. The Morgan fingerprint density at radius 2 is 1.58 bits per heavy atom. The van der Waals surface area contributed by atoms with Crippen molar-refractivity contribution in [1.29, 1.82) is 0 Å². The molecule has 0 radical (unpaired) electrons. The topological polar surface area (TPSA) is 46.2 Å². The second kappa shape index (κ2) is 5.57. The minimum absolute atomic E-state index is 0.0246. The van der Waals surface area contributed by atoms with E-state index in [1.807, 2.05) is 26.0 Å². The Kier molecular flexibility index (Phi) is 3.85. The molecule has 5 rings (SSSR count). The maximum absolute atomic E-state index is 13.0. The number of benzene rings is 1. The SMILES string of the molecule is Cc1ccc(S(=O)(=O)NC(C)C23CC4CC(CC(C4)C2)C3)c(C)c1. The maximum atomic E-state index is 13.0. The van der Waals surface area contributed by atoms with Crippen molar-refractivity contribution in [2.24, 2.45) is 23.2 Å². The Bertz CT molecular complexity index is 718. The van der Waals surface area contributed by atoms with Crippen LogP contribution < -0.4 is 4.72 Å².